The van der Waals surface area contributed by atoms with Crippen LogP contribution in [0.1, 0.15) is 41.7 Å². The van der Waals surface area contributed by atoms with Gasteiger partial charge in [0.25, 0.3) is 5.91 Å². The third-order valence-electron chi connectivity index (χ3n) is 5.47. The number of amides is 2. The fourth-order valence-electron chi connectivity index (χ4n) is 3.98. The van der Waals surface area contributed by atoms with Crippen LogP contribution in [0, 0.1) is 5.82 Å². The summed E-state index contributed by atoms with van der Waals surface area (Å²) in [6.07, 6.45) is 1.84. The highest BCUT2D eigenvalue weighted by molar-refractivity contribution is 5.94. The number of piperidine rings is 1. The summed E-state index contributed by atoms with van der Waals surface area (Å²) in [6, 6.07) is 19.2. The molecule has 0 saturated carbocycles. The maximum Gasteiger partial charge on any atom is 0.253 e. The Kier molecular flexibility index (Phi) is 6.07. The third-order valence-corrected chi connectivity index (χ3v) is 5.47. The van der Waals surface area contributed by atoms with Crippen LogP contribution in [0.5, 0.6) is 0 Å². The molecular formula is C25H24FN3O2. The molecule has 0 unspecified atom stereocenters. The molecule has 1 aromatic heterocycles. The standard InChI is InChI=1S/C25H24FN3O2/c1-17(30)27-22-7-2-5-19(15-22)23-8-3-9-24(28-23)20-6-4-14-29(16-20)25(31)18-10-12-21(26)13-11-18/h2-3,5,7-13,15,20H,4,6,14,16H2,1H3,(H,27,30)/t20-/m0/s1. The van der Waals surface area contributed by atoms with Gasteiger partial charge in [-0.15, -0.1) is 0 Å². The number of nitrogens with zero attached hydrogens (tertiary/aromatic N) is 2. The molecule has 1 atom stereocenters. The number of rotatable bonds is 4. The van der Waals surface area contributed by atoms with Crippen molar-refractivity contribution in [1.82, 2.24) is 9.88 Å². The van der Waals surface area contributed by atoms with Crippen LogP contribution in [0.25, 0.3) is 11.3 Å². The average Bonchev–Trinajstić information content (AvgIpc) is 2.79. The van der Waals surface area contributed by atoms with E-state index in [0.717, 1.165) is 35.5 Å². The normalized spacial score (nSPS) is 16.1. The lowest BCUT2D eigenvalue weighted by molar-refractivity contribution is -0.114. The van der Waals surface area contributed by atoms with Crippen molar-refractivity contribution in [1.29, 1.82) is 0 Å². The van der Waals surface area contributed by atoms with Gasteiger partial charge >= 0.3 is 0 Å². The third kappa shape index (κ3) is 4.97. The zero-order chi connectivity index (χ0) is 21.8. The molecule has 2 aromatic carbocycles. The monoisotopic (exact) mass is 417 g/mol. The van der Waals surface area contributed by atoms with E-state index < -0.39 is 0 Å². The van der Waals surface area contributed by atoms with E-state index in [4.69, 9.17) is 4.98 Å². The number of likely N-dealkylation sites (tertiary alicyclic amines) is 1. The first-order chi connectivity index (χ1) is 15.0. The summed E-state index contributed by atoms with van der Waals surface area (Å²) in [5.41, 5.74) is 3.92. The Bertz CT molecular complexity index is 1100. The molecule has 1 N–H and O–H groups in total. The summed E-state index contributed by atoms with van der Waals surface area (Å²) in [4.78, 5) is 30.9. The molecule has 1 aliphatic heterocycles. The molecule has 0 radical (unpaired) electrons. The molecule has 4 rings (SSSR count). The van der Waals surface area contributed by atoms with Crippen molar-refractivity contribution in [3.8, 4) is 11.3 Å². The minimum absolute atomic E-state index is 0.0798. The minimum atomic E-state index is -0.350. The van der Waals surface area contributed by atoms with E-state index in [-0.39, 0.29) is 23.5 Å². The van der Waals surface area contributed by atoms with Crippen LogP contribution in [0.15, 0.2) is 66.7 Å². The number of halogens is 1. The van der Waals surface area contributed by atoms with Gasteiger partial charge in [0, 0.05) is 48.4 Å². The molecule has 158 valence electrons. The fraction of sp³-hybridized carbons (Fsp3) is 0.240. The largest absolute Gasteiger partial charge is 0.338 e. The van der Waals surface area contributed by atoms with Crippen LogP contribution in [-0.4, -0.2) is 34.8 Å². The number of anilines is 1. The molecule has 0 spiro atoms. The number of hydrogen-bond acceptors (Lipinski definition) is 3. The van der Waals surface area contributed by atoms with Crippen LogP contribution >= 0.6 is 0 Å². The summed E-state index contributed by atoms with van der Waals surface area (Å²) in [7, 11) is 0. The molecule has 0 aliphatic carbocycles. The van der Waals surface area contributed by atoms with Crippen LogP contribution in [0.2, 0.25) is 0 Å². The maximum atomic E-state index is 13.2. The van der Waals surface area contributed by atoms with Gasteiger partial charge < -0.3 is 10.2 Å². The Morgan fingerprint density at radius 3 is 2.61 bits per heavy atom. The quantitative estimate of drug-likeness (QED) is 0.659. The highest BCUT2D eigenvalue weighted by Gasteiger charge is 2.26. The number of hydrogen-bond donors (Lipinski definition) is 1. The first-order valence-corrected chi connectivity index (χ1v) is 10.4. The molecule has 31 heavy (non-hydrogen) atoms. The van der Waals surface area contributed by atoms with Gasteiger partial charge in [-0.05, 0) is 61.4 Å². The fourth-order valence-corrected chi connectivity index (χ4v) is 3.98. The number of benzene rings is 2. The Labute approximate surface area is 180 Å². The second kappa shape index (κ2) is 9.08. The van der Waals surface area contributed by atoms with Crippen LogP contribution in [-0.2, 0) is 4.79 Å². The number of carbonyl (C=O) groups is 2. The van der Waals surface area contributed by atoms with Crippen LogP contribution in [0.3, 0.4) is 0 Å². The van der Waals surface area contributed by atoms with Gasteiger partial charge in [-0.1, -0.05) is 18.2 Å². The van der Waals surface area contributed by atoms with Crippen LogP contribution in [0.4, 0.5) is 10.1 Å². The number of nitrogens with one attached hydrogen (secondary N) is 1. The Morgan fingerprint density at radius 1 is 1.06 bits per heavy atom. The van der Waals surface area contributed by atoms with E-state index in [2.05, 4.69) is 5.32 Å². The molecule has 0 bridgehead atoms. The molecule has 3 aromatic rings. The van der Waals surface area contributed by atoms with Crippen molar-refractivity contribution in [2.45, 2.75) is 25.7 Å². The van der Waals surface area contributed by atoms with Gasteiger partial charge in [-0.25, -0.2) is 4.39 Å². The number of pyridine rings is 1. The Morgan fingerprint density at radius 2 is 1.84 bits per heavy atom. The minimum Gasteiger partial charge on any atom is -0.338 e. The number of aromatic nitrogens is 1. The highest BCUT2D eigenvalue weighted by atomic mass is 19.1. The second-order valence-corrected chi connectivity index (χ2v) is 7.81. The average molecular weight is 417 g/mol. The van der Waals surface area contributed by atoms with E-state index in [1.807, 2.05) is 47.4 Å². The van der Waals surface area contributed by atoms with Crippen molar-refractivity contribution in [3.63, 3.8) is 0 Å². The highest BCUT2D eigenvalue weighted by Crippen LogP contribution is 2.29. The summed E-state index contributed by atoms with van der Waals surface area (Å²) in [6.45, 7) is 2.75. The molecule has 6 heteroatoms. The van der Waals surface area contributed by atoms with E-state index in [0.29, 0.717) is 18.7 Å². The predicted octanol–water partition coefficient (Wildman–Crippen LogP) is 4.87. The molecule has 1 aliphatic rings. The molecular weight excluding hydrogens is 393 g/mol. The van der Waals surface area contributed by atoms with Gasteiger partial charge in [-0.3, -0.25) is 14.6 Å². The van der Waals surface area contributed by atoms with Gasteiger partial charge in [0.05, 0.1) is 5.69 Å². The van der Waals surface area contributed by atoms with Gasteiger partial charge in [-0.2, -0.15) is 0 Å². The maximum absolute atomic E-state index is 13.2. The SMILES string of the molecule is CC(=O)Nc1cccc(-c2cccc([C@H]3CCCN(C(=O)c4ccc(F)cc4)C3)n2)c1. The van der Waals surface area contributed by atoms with Crippen molar-refractivity contribution in [2.75, 3.05) is 18.4 Å². The molecule has 2 amide bonds. The van der Waals surface area contributed by atoms with Gasteiger partial charge in [0.2, 0.25) is 5.91 Å². The lowest BCUT2D eigenvalue weighted by Crippen LogP contribution is -2.39. The predicted molar refractivity (Wildman–Crippen MR) is 118 cm³/mol. The van der Waals surface area contributed by atoms with E-state index in [1.165, 1.54) is 31.2 Å². The van der Waals surface area contributed by atoms with Crippen LogP contribution < -0.4 is 5.32 Å². The second-order valence-electron chi connectivity index (χ2n) is 7.81. The van der Waals surface area contributed by atoms with Crippen molar-refractivity contribution >= 4 is 17.5 Å². The lowest BCUT2D eigenvalue weighted by Gasteiger charge is -2.32. The zero-order valence-corrected chi connectivity index (χ0v) is 17.3. The summed E-state index contributed by atoms with van der Waals surface area (Å²) in [5, 5.41) is 2.80. The Balaban J connectivity index is 1.53. The molecule has 2 heterocycles. The molecule has 1 saturated heterocycles. The smallest absolute Gasteiger partial charge is 0.253 e. The van der Waals surface area contributed by atoms with Crippen molar-refractivity contribution in [2.24, 2.45) is 0 Å². The van der Waals surface area contributed by atoms with Gasteiger partial charge in [0.15, 0.2) is 0 Å². The Hall–Kier alpha value is -3.54. The molecule has 1 fully saturated rings. The van der Waals surface area contributed by atoms with E-state index in [1.54, 1.807) is 0 Å². The zero-order valence-electron chi connectivity index (χ0n) is 17.3. The van der Waals surface area contributed by atoms with E-state index >= 15 is 0 Å². The lowest BCUT2D eigenvalue weighted by atomic mass is 9.93. The summed E-state index contributed by atoms with van der Waals surface area (Å²) < 4.78 is 13.2. The first kappa shape index (κ1) is 20.7. The summed E-state index contributed by atoms with van der Waals surface area (Å²) in [5.74, 6) is -0.413. The van der Waals surface area contributed by atoms with E-state index in [9.17, 15) is 14.0 Å². The number of carbonyl (C=O) groups excluding carboxylic acids is 2. The van der Waals surface area contributed by atoms with Crippen molar-refractivity contribution in [3.05, 3.63) is 83.8 Å². The molecule has 5 nitrogen and oxygen atoms in total. The van der Waals surface area contributed by atoms with Gasteiger partial charge in [0.1, 0.15) is 5.82 Å². The first-order valence-electron chi connectivity index (χ1n) is 10.4. The summed E-state index contributed by atoms with van der Waals surface area (Å²) >= 11 is 0. The topological polar surface area (TPSA) is 62.3 Å². The van der Waals surface area contributed by atoms with Crippen molar-refractivity contribution < 1.29 is 14.0 Å².